The fourth-order valence-electron chi connectivity index (χ4n) is 1.75. The molecule has 0 aliphatic rings. The van der Waals surface area contributed by atoms with E-state index in [0.717, 1.165) is 0 Å². The Hall–Kier alpha value is -1.88. The largest absolute Gasteiger partial charge is 0.447 e. The molecule has 0 heterocycles. The van der Waals surface area contributed by atoms with Gasteiger partial charge in [-0.3, -0.25) is 9.59 Å². The molecule has 0 unspecified atom stereocenters. The molecule has 0 aliphatic heterocycles. The zero-order chi connectivity index (χ0) is 15.1. The molecule has 2 N–H and O–H groups in total. The van der Waals surface area contributed by atoms with Crippen molar-refractivity contribution in [3.63, 3.8) is 0 Å². The summed E-state index contributed by atoms with van der Waals surface area (Å²) < 4.78 is 5.09. The minimum absolute atomic E-state index is 0.0812. The molecule has 0 saturated carbocycles. The lowest BCUT2D eigenvalue weighted by Crippen LogP contribution is -2.44. The molecule has 1 aromatic rings. The minimum Gasteiger partial charge on any atom is -0.447 e. The molecule has 0 aromatic heterocycles. The SMILES string of the molecule is CC(=O)O[C@@H](C(=O)N[C@@H](CO)C(C)C)c1ccccc1. The number of hydrogen-bond donors (Lipinski definition) is 2. The lowest BCUT2D eigenvalue weighted by atomic mass is 10.0. The molecule has 0 fully saturated rings. The molecule has 2 atom stereocenters. The molecule has 110 valence electrons. The second-order valence-electron chi connectivity index (χ2n) is 4.94. The Morgan fingerprint density at radius 2 is 1.85 bits per heavy atom. The number of benzene rings is 1. The van der Waals surface area contributed by atoms with E-state index in [4.69, 9.17) is 4.74 Å². The second kappa shape index (κ2) is 7.65. The summed E-state index contributed by atoms with van der Waals surface area (Å²) in [6, 6.07) is 8.42. The van der Waals surface area contributed by atoms with Crippen molar-refractivity contribution < 1.29 is 19.4 Å². The first-order chi connectivity index (χ1) is 9.45. The van der Waals surface area contributed by atoms with Gasteiger partial charge in [0.1, 0.15) is 0 Å². The van der Waals surface area contributed by atoms with Crippen LogP contribution in [0.1, 0.15) is 32.4 Å². The van der Waals surface area contributed by atoms with Crippen molar-refractivity contribution in [2.24, 2.45) is 5.92 Å². The molecule has 0 saturated heterocycles. The van der Waals surface area contributed by atoms with Gasteiger partial charge >= 0.3 is 5.97 Å². The van der Waals surface area contributed by atoms with E-state index < -0.39 is 18.0 Å². The number of hydrogen-bond acceptors (Lipinski definition) is 4. The van der Waals surface area contributed by atoms with Crippen LogP contribution in [-0.2, 0) is 14.3 Å². The monoisotopic (exact) mass is 279 g/mol. The minimum atomic E-state index is -0.999. The van der Waals surface area contributed by atoms with E-state index >= 15 is 0 Å². The Balaban J connectivity index is 2.88. The van der Waals surface area contributed by atoms with Gasteiger partial charge in [-0.05, 0) is 5.92 Å². The third-order valence-corrected chi connectivity index (χ3v) is 2.95. The standard InChI is InChI=1S/C15H21NO4/c1-10(2)13(9-17)16-15(19)14(20-11(3)18)12-7-5-4-6-8-12/h4-8,10,13-14,17H,9H2,1-3H3,(H,16,19)/t13-,14+/m0/s1. The number of nitrogens with one attached hydrogen (secondary N) is 1. The van der Waals surface area contributed by atoms with Gasteiger partial charge in [0.15, 0.2) is 0 Å². The molecule has 0 spiro atoms. The van der Waals surface area contributed by atoms with Crippen LogP contribution < -0.4 is 5.32 Å². The van der Waals surface area contributed by atoms with E-state index in [-0.39, 0.29) is 18.6 Å². The number of esters is 1. The average Bonchev–Trinajstić information content (AvgIpc) is 2.42. The zero-order valence-corrected chi connectivity index (χ0v) is 12.0. The second-order valence-corrected chi connectivity index (χ2v) is 4.94. The van der Waals surface area contributed by atoms with Gasteiger partial charge in [-0.2, -0.15) is 0 Å². The molecule has 0 radical (unpaired) electrons. The first-order valence-electron chi connectivity index (χ1n) is 6.59. The lowest BCUT2D eigenvalue weighted by Gasteiger charge is -2.23. The topological polar surface area (TPSA) is 75.6 Å². The number of aliphatic hydroxyl groups is 1. The van der Waals surface area contributed by atoms with Gasteiger partial charge in [0, 0.05) is 12.5 Å². The summed E-state index contributed by atoms with van der Waals surface area (Å²) in [5, 5.41) is 12.0. The molecular weight excluding hydrogens is 258 g/mol. The van der Waals surface area contributed by atoms with Crippen LogP contribution in [0.2, 0.25) is 0 Å². The molecule has 1 amide bonds. The van der Waals surface area contributed by atoms with Crippen LogP contribution in [0.4, 0.5) is 0 Å². The van der Waals surface area contributed by atoms with Crippen molar-refractivity contribution in [2.75, 3.05) is 6.61 Å². The van der Waals surface area contributed by atoms with Crippen molar-refractivity contribution >= 4 is 11.9 Å². The molecule has 1 rings (SSSR count). The molecule has 5 nitrogen and oxygen atoms in total. The Morgan fingerprint density at radius 3 is 2.30 bits per heavy atom. The Kier molecular flexibility index (Phi) is 6.18. The number of carbonyl (C=O) groups is 2. The van der Waals surface area contributed by atoms with Gasteiger partial charge < -0.3 is 15.2 Å². The van der Waals surface area contributed by atoms with Gasteiger partial charge in [-0.1, -0.05) is 44.2 Å². The molecule has 1 aromatic carbocycles. The highest BCUT2D eigenvalue weighted by Crippen LogP contribution is 2.18. The number of amides is 1. The molecular formula is C15H21NO4. The fraction of sp³-hybridized carbons (Fsp3) is 0.467. The highest BCUT2D eigenvalue weighted by Gasteiger charge is 2.26. The molecule has 5 heteroatoms. The summed E-state index contributed by atoms with van der Waals surface area (Å²) in [5.74, 6) is -0.879. The van der Waals surface area contributed by atoms with E-state index in [1.165, 1.54) is 6.92 Å². The average molecular weight is 279 g/mol. The smallest absolute Gasteiger partial charge is 0.303 e. The van der Waals surface area contributed by atoms with Crippen LogP contribution in [0, 0.1) is 5.92 Å². The zero-order valence-electron chi connectivity index (χ0n) is 12.0. The van der Waals surface area contributed by atoms with Gasteiger partial charge in [0.25, 0.3) is 5.91 Å². The Bertz CT molecular complexity index is 444. The summed E-state index contributed by atoms with van der Waals surface area (Å²) in [4.78, 5) is 23.4. The van der Waals surface area contributed by atoms with E-state index in [0.29, 0.717) is 5.56 Å². The van der Waals surface area contributed by atoms with Crippen LogP contribution in [0.25, 0.3) is 0 Å². The van der Waals surface area contributed by atoms with Gasteiger partial charge in [-0.15, -0.1) is 0 Å². The number of aliphatic hydroxyl groups excluding tert-OH is 1. The molecule has 0 bridgehead atoms. The molecule has 20 heavy (non-hydrogen) atoms. The highest BCUT2D eigenvalue weighted by molar-refractivity contribution is 5.84. The summed E-state index contributed by atoms with van der Waals surface area (Å²) in [5.41, 5.74) is 0.598. The van der Waals surface area contributed by atoms with Crippen LogP contribution in [0.3, 0.4) is 0 Å². The third-order valence-electron chi connectivity index (χ3n) is 2.95. The number of carbonyl (C=O) groups excluding carboxylic acids is 2. The fourth-order valence-corrected chi connectivity index (χ4v) is 1.75. The van der Waals surface area contributed by atoms with E-state index in [1.54, 1.807) is 24.3 Å². The van der Waals surface area contributed by atoms with Gasteiger partial charge in [-0.25, -0.2) is 0 Å². The Morgan fingerprint density at radius 1 is 1.25 bits per heavy atom. The Labute approximate surface area is 118 Å². The van der Waals surface area contributed by atoms with Crippen LogP contribution in [-0.4, -0.2) is 29.6 Å². The summed E-state index contributed by atoms with van der Waals surface area (Å²) in [6.07, 6.45) is -0.999. The number of ether oxygens (including phenoxy) is 1. The number of rotatable bonds is 6. The predicted octanol–water partition coefficient (Wildman–Crippen LogP) is 1.42. The summed E-state index contributed by atoms with van der Waals surface area (Å²) >= 11 is 0. The van der Waals surface area contributed by atoms with E-state index in [9.17, 15) is 14.7 Å². The van der Waals surface area contributed by atoms with Crippen molar-refractivity contribution in [2.45, 2.75) is 32.9 Å². The van der Waals surface area contributed by atoms with Crippen LogP contribution in [0.5, 0.6) is 0 Å². The highest BCUT2D eigenvalue weighted by atomic mass is 16.5. The maximum absolute atomic E-state index is 12.3. The van der Waals surface area contributed by atoms with E-state index in [2.05, 4.69) is 5.32 Å². The maximum Gasteiger partial charge on any atom is 0.303 e. The van der Waals surface area contributed by atoms with Crippen molar-refractivity contribution in [3.05, 3.63) is 35.9 Å². The van der Waals surface area contributed by atoms with Crippen molar-refractivity contribution in [1.29, 1.82) is 0 Å². The van der Waals surface area contributed by atoms with Gasteiger partial charge in [0.05, 0.1) is 12.6 Å². The van der Waals surface area contributed by atoms with Gasteiger partial charge in [0.2, 0.25) is 6.10 Å². The molecule has 0 aliphatic carbocycles. The van der Waals surface area contributed by atoms with Crippen LogP contribution >= 0.6 is 0 Å². The van der Waals surface area contributed by atoms with E-state index in [1.807, 2.05) is 19.9 Å². The van der Waals surface area contributed by atoms with Crippen molar-refractivity contribution in [1.82, 2.24) is 5.32 Å². The quantitative estimate of drug-likeness (QED) is 0.772. The lowest BCUT2D eigenvalue weighted by molar-refractivity contribution is -0.154. The normalized spacial score (nSPS) is 13.7. The third kappa shape index (κ3) is 4.66. The first kappa shape index (κ1) is 16.2. The summed E-state index contributed by atoms with van der Waals surface area (Å²) in [6.45, 7) is 4.88. The predicted molar refractivity (Wildman–Crippen MR) is 74.8 cm³/mol. The maximum atomic E-state index is 12.3. The first-order valence-corrected chi connectivity index (χ1v) is 6.59. The van der Waals surface area contributed by atoms with Crippen molar-refractivity contribution in [3.8, 4) is 0 Å². The van der Waals surface area contributed by atoms with Crippen LogP contribution in [0.15, 0.2) is 30.3 Å². The summed E-state index contributed by atoms with van der Waals surface area (Å²) in [7, 11) is 0.